The van der Waals surface area contributed by atoms with Crippen LogP contribution in [0, 0.1) is 6.92 Å². The SMILES string of the molecule is Cc1ccc(OCC(O)CN2CCN(Cc3ccccc3)CC2)cc1.Cl.Cl. The Balaban J connectivity index is 0.00000182. The molecule has 1 N–H and O–H groups in total. The Kier molecular flexibility index (Phi) is 10.7. The van der Waals surface area contributed by atoms with Gasteiger partial charge >= 0.3 is 0 Å². The normalized spacial score (nSPS) is 16.1. The van der Waals surface area contributed by atoms with E-state index >= 15 is 0 Å². The number of aliphatic hydroxyl groups is 1. The van der Waals surface area contributed by atoms with Gasteiger partial charge in [0, 0.05) is 39.3 Å². The second kappa shape index (κ2) is 12.2. The van der Waals surface area contributed by atoms with Crippen LogP contribution in [0.25, 0.3) is 0 Å². The highest BCUT2D eigenvalue weighted by Crippen LogP contribution is 2.12. The lowest BCUT2D eigenvalue weighted by molar-refractivity contribution is 0.0446. The topological polar surface area (TPSA) is 35.9 Å². The number of aryl methyl sites for hydroxylation is 1. The molecule has 6 heteroatoms. The monoisotopic (exact) mass is 412 g/mol. The molecule has 4 nitrogen and oxygen atoms in total. The maximum absolute atomic E-state index is 10.2. The van der Waals surface area contributed by atoms with Crippen molar-refractivity contribution >= 4 is 24.8 Å². The highest BCUT2D eigenvalue weighted by molar-refractivity contribution is 5.85. The molecule has 150 valence electrons. The fourth-order valence-electron chi connectivity index (χ4n) is 3.15. The van der Waals surface area contributed by atoms with E-state index in [4.69, 9.17) is 4.74 Å². The van der Waals surface area contributed by atoms with E-state index in [2.05, 4.69) is 47.1 Å². The van der Waals surface area contributed by atoms with Crippen LogP contribution >= 0.6 is 24.8 Å². The van der Waals surface area contributed by atoms with Crippen molar-refractivity contribution in [3.63, 3.8) is 0 Å². The Morgan fingerprint density at radius 1 is 0.889 bits per heavy atom. The fourth-order valence-corrected chi connectivity index (χ4v) is 3.15. The summed E-state index contributed by atoms with van der Waals surface area (Å²) in [7, 11) is 0. The van der Waals surface area contributed by atoms with E-state index in [9.17, 15) is 5.11 Å². The number of hydrogen-bond acceptors (Lipinski definition) is 4. The van der Waals surface area contributed by atoms with Gasteiger partial charge in [-0.2, -0.15) is 0 Å². The first-order chi connectivity index (χ1) is 12.2. The number of benzene rings is 2. The molecular formula is C21H30Cl2N2O2. The predicted molar refractivity (Wildman–Crippen MR) is 115 cm³/mol. The Morgan fingerprint density at radius 3 is 2.11 bits per heavy atom. The van der Waals surface area contributed by atoms with Crippen molar-refractivity contribution < 1.29 is 9.84 Å². The van der Waals surface area contributed by atoms with Gasteiger partial charge in [-0.05, 0) is 24.6 Å². The molecule has 0 aliphatic carbocycles. The van der Waals surface area contributed by atoms with Gasteiger partial charge in [0.05, 0.1) is 0 Å². The summed E-state index contributed by atoms with van der Waals surface area (Å²) in [5.41, 5.74) is 2.57. The molecule has 3 rings (SSSR count). The second-order valence-electron chi connectivity index (χ2n) is 6.84. The van der Waals surface area contributed by atoms with E-state index in [1.165, 1.54) is 11.1 Å². The Morgan fingerprint density at radius 2 is 1.48 bits per heavy atom. The average Bonchev–Trinajstić information content (AvgIpc) is 2.64. The van der Waals surface area contributed by atoms with Gasteiger partial charge in [0.25, 0.3) is 0 Å². The first kappa shape index (κ1) is 23.7. The molecule has 1 heterocycles. The van der Waals surface area contributed by atoms with Crippen molar-refractivity contribution in [1.29, 1.82) is 0 Å². The summed E-state index contributed by atoms with van der Waals surface area (Å²) >= 11 is 0. The molecule has 2 aromatic rings. The lowest BCUT2D eigenvalue weighted by atomic mass is 10.2. The minimum atomic E-state index is -0.457. The molecule has 0 saturated carbocycles. The molecule has 0 amide bonds. The van der Waals surface area contributed by atoms with Gasteiger partial charge < -0.3 is 9.84 Å². The maximum Gasteiger partial charge on any atom is 0.119 e. The standard InChI is InChI=1S/C21H28N2O2.2ClH/c1-18-7-9-21(10-8-18)25-17-20(24)16-23-13-11-22(12-14-23)15-19-5-3-2-4-6-19;;/h2-10,20,24H,11-17H2,1H3;2*1H. The molecule has 2 aromatic carbocycles. The van der Waals surface area contributed by atoms with Crippen LogP contribution in [0.5, 0.6) is 5.75 Å². The fraction of sp³-hybridized carbons (Fsp3) is 0.429. The summed E-state index contributed by atoms with van der Waals surface area (Å²) < 4.78 is 5.68. The maximum atomic E-state index is 10.2. The van der Waals surface area contributed by atoms with Crippen LogP contribution in [0.1, 0.15) is 11.1 Å². The Hall–Kier alpha value is -1.30. The largest absolute Gasteiger partial charge is 0.491 e. The highest BCUT2D eigenvalue weighted by atomic mass is 35.5. The molecule has 1 aliphatic heterocycles. The highest BCUT2D eigenvalue weighted by Gasteiger charge is 2.19. The summed E-state index contributed by atoms with van der Waals surface area (Å²) in [6.45, 7) is 8.14. The quantitative estimate of drug-likeness (QED) is 0.755. The number of β-amino-alcohol motifs (C(OH)–C–C–N with tert-alkyl or cyclic N) is 1. The number of rotatable bonds is 7. The van der Waals surface area contributed by atoms with E-state index in [1.54, 1.807) is 0 Å². The van der Waals surface area contributed by atoms with Crippen molar-refractivity contribution in [3.05, 3.63) is 65.7 Å². The van der Waals surface area contributed by atoms with Gasteiger partial charge in [0.2, 0.25) is 0 Å². The second-order valence-corrected chi connectivity index (χ2v) is 6.84. The van der Waals surface area contributed by atoms with Gasteiger partial charge in [-0.1, -0.05) is 48.0 Å². The third kappa shape index (κ3) is 8.08. The molecule has 0 aromatic heterocycles. The predicted octanol–water partition coefficient (Wildman–Crippen LogP) is 3.40. The number of piperazine rings is 1. The van der Waals surface area contributed by atoms with Crippen molar-refractivity contribution in [1.82, 2.24) is 9.80 Å². The molecule has 1 atom stereocenters. The summed E-state index contributed by atoms with van der Waals surface area (Å²) in [5.74, 6) is 0.817. The lowest BCUT2D eigenvalue weighted by Crippen LogP contribution is -2.48. The molecule has 0 radical (unpaired) electrons. The number of nitrogens with zero attached hydrogens (tertiary/aromatic N) is 2. The van der Waals surface area contributed by atoms with E-state index < -0.39 is 6.10 Å². The van der Waals surface area contributed by atoms with Crippen LogP contribution < -0.4 is 4.74 Å². The first-order valence-corrected chi connectivity index (χ1v) is 9.05. The van der Waals surface area contributed by atoms with Gasteiger partial charge in [0.1, 0.15) is 18.5 Å². The molecule has 1 unspecified atom stereocenters. The summed E-state index contributed by atoms with van der Waals surface area (Å²) in [6.07, 6.45) is -0.457. The van der Waals surface area contributed by atoms with Crippen molar-refractivity contribution in [2.75, 3.05) is 39.3 Å². The molecule has 0 spiro atoms. The van der Waals surface area contributed by atoms with Crippen LogP contribution in [-0.2, 0) is 6.54 Å². The average molecular weight is 413 g/mol. The van der Waals surface area contributed by atoms with Crippen molar-refractivity contribution in [2.45, 2.75) is 19.6 Å². The van der Waals surface area contributed by atoms with Crippen LogP contribution in [0.4, 0.5) is 0 Å². The van der Waals surface area contributed by atoms with E-state index in [1.807, 2.05) is 24.3 Å². The molecule has 0 bridgehead atoms. The zero-order chi connectivity index (χ0) is 17.5. The number of halogens is 2. The Labute approximate surface area is 175 Å². The van der Waals surface area contributed by atoms with E-state index in [0.29, 0.717) is 13.2 Å². The van der Waals surface area contributed by atoms with Gasteiger partial charge in [-0.15, -0.1) is 24.8 Å². The lowest BCUT2D eigenvalue weighted by Gasteiger charge is -2.35. The zero-order valence-electron chi connectivity index (χ0n) is 15.8. The summed E-state index contributed by atoms with van der Waals surface area (Å²) in [5, 5.41) is 10.2. The summed E-state index contributed by atoms with van der Waals surface area (Å²) in [4.78, 5) is 4.80. The Bertz CT molecular complexity index is 632. The third-order valence-electron chi connectivity index (χ3n) is 4.65. The molecule has 1 saturated heterocycles. The number of ether oxygens (including phenoxy) is 1. The summed E-state index contributed by atoms with van der Waals surface area (Å²) in [6, 6.07) is 18.5. The van der Waals surface area contributed by atoms with Crippen molar-refractivity contribution in [2.24, 2.45) is 0 Å². The van der Waals surface area contributed by atoms with Crippen LogP contribution in [0.2, 0.25) is 0 Å². The van der Waals surface area contributed by atoms with Gasteiger partial charge in [-0.3, -0.25) is 9.80 Å². The minimum absolute atomic E-state index is 0. The third-order valence-corrected chi connectivity index (χ3v) is 4.65. The first-order valence-electron chi connectivity index (χ1n) is 9.05. The van der Waals surface area contributed by atoms with Gasteiger partial charge in [0.15, 0.2) is 0 Å². The zero-order valence-corrected chi connectivity index (χ0v) is 17.4. The number of aliphatic hydroxyl groups excluding tert-OH is 1. The van der Waals surface area contributed by atoms with E-state index in [-0.39, 0.29) is 24.8 Å². The van der Waals surface area contributed by atoms with Crippen molar-refractivity contribution in [3.8, 4) is 5.75 Å². The molecular weight excluding hydrogens is 383 g/mol. The molecule has 1 aliphatic rings. The molecule has 27 heavy (non-hydrogen) atoms. The smallest absolute Gasteiger partial charge is 0.119 e. The molecule has 1 fully saturated rings. The van der Waals surface area contributed by atoms with Crippen LogP contribution in [0.3, 0.4) is 0 Å². The van der Waals surface area contributed by atoms with Crippen LogP contribution in [-0.4, -0.2) is 60.3 Å². The number of hydrogen-bond donors (Lipinski definition) is 1. The van der Waals surface area contributed by atoms with Gasteiger partial charge in [-0.25, -0.2) is 0 Å². The van der Waals surface area contributed by atoms with Crippen LogP contribution in [0.15, 0.2) is 54.6 Å². The minimum Gasteiger partial charge on any atom is -0.491 e. The van der Waals surface area contributed by atoms with E-state index in [0.717, 1.165) is 38.5 Å².